The number of nitro groups is 1. The summed E-state index contributed by atoms with van der Waals surface area (Å²) in [6.07, 6.45) is 2.06. The SMILES string of the molecule is CC(C)CCC(C)Nc1cccc(Cl)c1[N+](=O)[O-]. The predicted molar refractivity (Wildman–Crippen MR) is 75.3 cm³/mol. The highest BCUT2D eigenvalue weighted by atomic mass is 35.5. The maximum atomic E-state index is 11.0. The molecule has 100 valence electrons. The number of benzene rings is 1. The van der Waals surface area contributed by atoms with Crippen LogP contribution in [0.25, 0.3) is 0 Å². The summed E-state index contributed by atoms with van der Waals surface area (Å²) in [5.41, 5.74) is 0.444. The number of nitro benzene ring substituents is 1. The molecule has 0 amide bonds. The van der Waals surface area contributed by atoms with Crippen LogP contribution < -0.4 is 5.32 Å². The molecule has 1 unspecified atom stereocenters. The Morgan fingerprint density at radius 2 is 2.00 bits per heavy atom. The zero-order valence-electron chi connectivity index (χ0n) is 10.9. The highest BCUT2D eigenvalue weighted by Gasteiger charge is 2.19. The van der Waals surface area contributed by atoms with Crippen LogP contribution in [-0.4, -0.2) is 11.0 Å². The van der Waals surface area contributed by atoms with Crippen molar-refractivity contribution >= 4 is 23.0 Å². The van der Waals surface area contributed by atoms with Gasteiger partial charge in [0.15, 0.2) is 0 Å². The minimum absolute atomic E-state index is 0.0458. The van der Waals surface area contributed by atoms with E-state index < -0.39 is 4.92 Å². The van der Waals surface area contributed by atoms with Gasteiger partial charge in [-0.25, -0.2) is 0 Å². The van der Waals surface area contributed by atoms with Crippen LogP contribution in [0.3, 0.4) is 0 Å². The summed E-state index contributed by atoms with van der Waals surface area (Å²) in [5.74, 6) is 0.628. The van der Waals surface area contributed by atoms with E-state index in [1.807, 2.05) is 6.92 Å². The Hall–Kier alpha value is -1.29. The predicted octanol–water partition coefficient (Wildman–Crippen LogP) is 4.48. The van der Waals surface area contributed by atoms with Crippen LogP contribution in [0, 0.1) is 16.0 Å². The molecule has 0 bridgehead atoms. The smallest absolute Gasteiger partial charge is 0.310 e. The summed E-state index contributed by atoms with van der Waals surface area (Å²) in [7, 11) is 0. The molecule has 0 saturated heterocycles. The molecule has 1 rings (SSSR count). The third-order valence-corrected chi connectivity index (χ3v) is 3.05. The molecule has 0 aliphatic rings. The van der Waals surface area contributed by atoms with Crippen molar-refractivity contribution in [2.75, 3.05) is 5.32 Å². The number of anilines is 1. The quantitative estimate of drug-likeness (QED) is 0.612. The third kappa shape index (κ3) is 4.18. The van der Waals surface area contributed by atoms with Crippen molar-refractivity contribution in [3.8, 4) is 0 Å². The zero-order chi connectivity index (χ0) is 13.7. The molecule has 0 aromatic heterocycles. The number of para-hydroxylation sites is 1. The van der Waals surface area contributed by atoms with Crippen molar-refractivity contribution in [2.45, 2.75) is 39.7 Å². The standard InChI is InChI=1S/C13H19ClN2O2/c1-9(2)7-8-10(3)15-12-6-4-5-11(14)13(12)16(17)18/h4-6,9-10,15H,7-8H2,1-3H3. The number of nitrogens with one attached hydrogen (secondary N) is 1. The highest BCUT2D eigenvalue weighted by Crippen LogP contribution is 2.32. The van der Waals surface area contributed by atoms with E-state index in [4.69, 9.17) is 11.6 Å². The molecule has 18 heavy (non-hydrogen) atoms. The minimum atomic E-state index is -0.445. The number of hydrogen-bond donors (Lipinski definition) is 1. The van der Waals surface area contributed by atoms with Gasteiger partial charge in [-0.2, -0.15) is 0 Å². The lowest BCUT2D eigenvalue weighted by Crippen LogP contribution is -2.16. The lowest BCUT2D eigenvalue weighted by molar-refractivity contribution is -0.383. The summed E-state index contributed by atoms with van der Waals surface area (Å²) in [6.45, 7) is 6.34. The van der Waals surface area contributed by atoms with Crippen LogP contribution in [0.15, 0.2) is 18.2 Å². The van der Waals surface area contributed by atoms with Gasteiger partial charge >= 0.3 is 5.69 Å². The minimum Gasteiger partial charge on any atom is -0.377 e. The first-order valence-corrected chi connectivity index (χ1v) is 6.49. The van der Waals surface area contributed by atoms with Crippen LogP contribution in [-0.2, 0) is 0 Å². The van der Waals surface area contributed by atoms with Crippen LogP contribution in [0.2, 0.25) is 5.02 Å². The molecule has 1 aromatic rings. The second-order valence-electron chi connectivity index (χ2n) is 4.91. The molecule has 0 aliphatic heterocycles. The average molecular weight is 271 g/mol. The normalized spacial score (nSPS) is 12.5. The second-order valence-corrected chi connectivity index (χ2v) is 5.32. The molecule has 0 fully saturated rings. The lowest BCUT2D eigenvalue weighted by atomic mass is 10.0. The summed E-state index contributed by atoms with van der Waals surface area (Å²) >= 11 is 5.85. The Morgan fingerprint density at radius 3 is 2.56 bits per heavy atom. The second kappa shape index (κ2) is 6.59. The molecule has 0 spiro atoms. The topological polar surface area (TPSA) is 55.2 Å². The van der Waals surface area contributed by atoms with Gasteiger partial charge in [-0.3, -0.25) is 10.1 Å². The summed E-state index contributed by atoms with van der Waals surface area (Å²) in [6, 6.07) is 5.12. The molecule has 1 N–H and O–H groups in total. The molecule has 0 aliphatic carbocycles. The van der Waals surface area contributed by atoms with Crippen LogP contribution in [0.4, 0.5) is 11.4 Å². The maximum absolute atomic E-state index is 11.0. The molecule has 1 atom stereocenters. The fourth-order valence-corrected chi connectivity index (χ4v) is 1.98. The largest absolute Gasteiger partial charge is 0.377 e. The number of rotatable bonds is 6. The van der Waals surface area contributed by atoms with E-state index in [9.17, 15) is 10.1 Å². The van der Waals surface area contributed by atoms with Crippen molar-refractivity contribution in [1.82, 2.24) is 0 Å². The third-order valence-electron chi connectivity index (χ3n) is 2.75. The van der Waals surface area contributed by atoms with E-state index in [0.717, 1.165) is 12.8 Å². The van der Waals surface area contributed by atoms with E-state index in [1.54, 1.807) is 12.1 Å². The van der Waals surface area contributed by atoms with Crippen LogP contribution in [0.1, 0.15) is 33.6 Å². The van der Waals surface area contributed by atoms with E-state index >= 15 is 0 Å². The zero-order valence-corrected chi connectivity index (χ0v) is 11.7. The van der Waals surface area contributed by atoms with Crippen molar-refractivity contribution in [3.63, 3.8) is 0 Å². The number of hydrogen-bond acceptors (Lipinski definition) is 3. The molecule has 1 aromatic carbocycles. The van der Waals surface area contributed by atoms with Gasteiger partial charge in [0.1, 0.15) is 10.7 Å². The van der Waals surface area contributed by atoms with Crippen molar-refractivity contribution in [2.24, 2.45) is 5.92 Å². The maximum Gasteiger partial charge on any atom is 0.310 e. The molecular formula is C13H19ClN2O2. The molecule has 4 nitrogen and oxygen atoms in total. The Bertz CT molecular complexity index is 421. The van der Waals surface area contributed by atoms with E-state index in [0.29, 0.717) is 11.6 Å². The fourth-order valence-electron chi connectivity index (χ4n) is 1.74. The van der Waals surface area contributed by atoms with Gasteiger partial charge in [-0.15, -0.1) is 0 Å². The summed E-state index contributed by atoms with van der Waals surface area (Å²) in [5, 5.41) is 14.3. The Labute approximate surface area is 112 Å². The van der Waals surface area contributed by atoms with E-state index in [2.05, 4.69) is 19.2 Å². The molecule has 0 radical (unpaired) electrons. The molecular weight excluding hydrogens is 252 g/mol. The lowest BCUT2D eigenvalue weighted by Gasteiger charge is -2.16. The molecule has 0 heterocycles. The van der Waals surface area contributed by atoms with Crippen LogP contribution >= 0.6 is 11.6 Å². The molecule has 5 heteroatoms. The van der Waals surface area contributed by atoms with Crippen molar-refractivity contribution in [1.29, 1.82) is 0 Å². The van der Waals surface area contributed by atoms with Gasteiger partial charge in [0.2, 0.25) is 0 Å². The highest BCUT2D eigenvalue weighted by molar-refractivity contribution is 6.33. The summed E-state index contributed by atoms with van der Waals surface area (Å²) in [4.78, 5) is 10.5. The van der Waals surface area contributed by atoms with E-state index in [1.165, 1.54) is 6.07 Å². The number of nitrogens with zero attached hydrogens (tertiary/aromatic N) is 1. The first-order chi connectivity index (χ1) is 8.41. The Morgan fingerprint density at radius 1 is 1.33 bits per heavy atom. The van der Waals surface area contributed by atoms with Crippen molar-refractivity contribution < 1.29 is 4.92 Å². The first-order valence-electron chi connectivity index (χ1n) is 6.11. The van der Waals surface area contributed by atoms with E-state index in [-0.39, 0.29) is 16.8 Å². The van der Waals surface area contributed by atoms with Gasteiger partial charge in [-0.05, 0) is 37.8 Å². The Kier molecular flexibility index (Phi) is 5.41. The van der Waals surface area contributed by atoms with Gasteiger partial charge in [-0.1, -0.05) is 31.5 Å². The molecule has 0 saturated carbocycles. The van der Waals surface area contributed by atoms with Gasteiger partial charge in [0, 0.05) is 6.04 Å². The fraction of sp³-hybridized carbons (Fsp3) is 0.538. The average Bonchev–Trinajstić information content (AvgIpc) is 2.26. The summed E-state index contributed by atoms with van der Waals surface area (Å²) < 4.78 is 0. The monoisotopic (exact) mass is 270 g/mol. The van der Waals surface area contributed by atoms with Crippen LogP contribution in [0.5, 0.6) is 0 Å². The van der Waals surface area contributed by atoms with Crippen molar-refractivity contribution in [3.05, 3.63) is 33.3 Å². The number of halogens is 1. The van der Waals surface area contributed by atoms with Gasteiger partial charge in [0.25, 0.3) is 0 Å². The van der Waals surface area contributed by atoms with Gasteiger partial charge in [0.05, 0.1) is 4.92 Å². The first kappa shape index (κ1) is 14.8. The van der Waals surface area contributed by atoms with Gasteiger partial charge < -0.3 is 5.32 Å². The Balaban J connectivity index is 2.78.